The normalized spacial score (nSPS) is 10.5. The molecule has 0 radical (unpaired) electrons. The van der Waals surface area contributed by atoms with E-state index in [1.165, 1.54) is 6.07 Å². The molecule has 3 nitrogen and oxygen atoms in total. The van der Waals surface area contributed by atoms with Gasteiger partial charge in [-0.15, -0.1) is 0 Å². The van der Waals surface area contributed by atoms with Crippen LogP contribution in [0, 0.1) is 12.7 Å². The number of aliphatic hydroxyl groups is 1. The minimum atomic E-state index is -0.370. The zero-order chi connectivity index (χ0) is 12.3. The quantitative estimate of drug-likeness (QED) is 0.850. The monoisotopic (exact) mass is 250 g/mol. The van der Waals surface area contributed by atoms with Crippen molar-refractivity contribution in [1.29, 1.82) is 0 Å². The predicted molar refractivity (Wildman–Crippen MR) is 63.2 cm³/mol. The first-order chi connectivity index (χ1) is 8.20. The van der Waals surface area contributed by atoms with Gasteiger partial charge in [-0.3, -0.25) is 0 Å². The maximum absolute atomic E-state index is 13.6. The number of rotatable bonds is 3. The van der Waals surface area contributed by atoms with Gasteiger partial charge < -0.3 is 5.11 Å². The molecule has 0 fully saturated rings. The van der Waals surface area contributed by atoms with Crippen LogP contribution in [0.1, 0.15) is 11.1 Å². The third-order valence-electron chi connectivity index (χ3n) is 2.17. The third-order valence-corrected chi connectivity index (χ3v) is 3.22. The summed E-state index contributed by atoms with van der Waals surface area (Å²) in [5.41, 5.74) is 1.49. The first-order valence-electron chi connectivity index (χ1n) is 5.05. The van der Waals surface area contributed by atoms with Crippen LogP contribution in [0.4, 0.5) is 4.39 Å². The molecule has 88 valence electrons. The maximum Gasteiger partial charge on any atom is 0.192 e. The molecular weight excluding hydrogens is 239 g/mol. The van der Waals surface area contributed by atoms with Crippen molar-refractivity contribution in [1.82, 2.24) is 9.97 Å². The Labute approximate surface area is 103 Å². The Balaban J connectivity index is 2.32. The number of hydrogen-bond donors (Lipinski definition) is 1. The minimum Gasteiger partial charge on any atom is -0.392 e. The van der Waals surface area contributed by atoms with E-state index in [4.69, 9.17) is 5.11 Å². The summed E-state index contributed by atoms with van der Waals surface area (Å²) in [6, 6.07) is 4.61. The van der Waals surface area contributed by atoms with Crippen LogP contribution < -0.4 is 0 Å². The molecule has 1 heterocycles. The third kappa shape index (κ3) is 2.81. The van der Waals surface area contributed by atoms with E-state index in [0.717, 1.165) is 17.3 Å². The molecule has 1 N–H and O–H groups in total. The van der Waals surface area contributed by atoms with Crippen molar-refractivity contribution in [2.24, 2.45) is 0 Å². The highest BCUT2D eigenvalue weighted by atomic mass is 32.2. The molecule has 1 aromatic heterocycles. The molecule has 2 aromatic rings. The maximum atomic E-state index is 13.6. The second-order valence-electron chi connectivity index (χ2n) is 3.53. The van der Waals surface area contributed by atoms with E-state index >= 15 is 0 Å². The van der Waals surface area contributed by atoms with E-state index < -0.39 is 0 Å². The molecule has 17 heavy (non-hydrogen) atoms. The van der Waals surface area contributed by atoms with Crippen molar-refractivity contribution < 1.29 is 9.50 Å². The number of aromatic nitrogens is 2. The number of aryl methyl sites for hydroxylation is 1. The molecule has 0 bridgehead atoms. The Morgan fingerprint density at radius 1 is 1.29 bits per heavy atom. The smallest absolute Gasteiger partial charge is 0.192 e. The molecule has 0 saturated heterocycles. The molecule has 0 aliphatic rings. The van der Waals surface area contributed by atoms with Crippen molar-refractivity contribution >= 4 is 11.8 Å². The minimum absolute atomic E-state index is 0.202. The fraction of sp³-hybridized carbons (Fsp3) is 0.167. The standard InChI is InChI=1S/C12H11FN2OS/c1-8-5-14-12(15-6-8)17-11-9(7-16)3-2-4-10(11)13/h2-6,16H,7H2,1H3. The molecule has 2 rings (SSSR count). The molecule has 0 spiro atoms. The fourth-order valence-corrected chi connectivity index (χ4v) is 2.14. The highest BCUT2D eigenvalue weighted by molar-refractivity contribution is 7.99. The molecule has 5 heteroatoms. The number of benzene rings is 1. The highest BCUT2D eigenvalue weighted by Crippen LogP contribution is 2.30. The van der Waals surface area contributed by atoms with Crippen LogP contribution >= 0.6 is 11.8 Å². The molecule has 0 aliphatic heterocycles. The highest BCUT2D eigenvalue weighted by Gasteiger charge is 2.10. The Hall–Kier alpha value is -1.46. The average Bonchev–Trinajstić information content (AvgIpc) is 2.34. The van der Waals surface area contributed by atoms with Gasteiger partial charge in [-0.2, -0.15) is 0 Å². The van der Waals surface area contributed by atoms with Gasteiger partial charge in [0.25, 0.3) is 0 Å². The van der Waals surface area contributed by atoms with Crippen LogP contribution in [0.3, 0.4) is 0 Å². The van der Waals surface area contributed by atoms with Crippen molar-refractivity contribution in [2.75, 3.05) is 0 Å². The largest absolute Gasteiger partial charge is 0.392 e. The first kappa shape index (κ1) is 12.0. The van der Waals surface area contributed by atoms with E-state index in [0.29, 0.717) is 15.6 Å². The summed E-state index contributed by atoms with van der Waals surface area (Å²) in [6.45, 7) is 1.68. The van der Waals surface area contributed by atoms with Gasteiger partial charge in [-0.25, -0.2) is 14.4 Å². The van der Waals surface area contributed by atoms with Crippen LogP contribution in [-0.2, 0) is 6.61 Å². The lowest BCUT2D eigenvalue weighted by Gasteiger charge is -2.06. The molecule has 1 aromatic carbocycles. The Kier molecular flexibility index (Phi) is 3.71. The van der Waals surface area contributed by atoms with Crippen molar-refractivity contribution in [3.63, 3.8) is 0 Å². The van der Waals surface area contributed by atoms with E-state index in [-0.39, 0.29) is 12.4 Å². The fourth-order valence-electron chi connectivity index (χ4n) is 1.32. The SMILES string of the molecule is Cc1cnc(Sc2c(F)cccc2CO)nc1. The average molecular weight is 250 g/mol. The van der Waals surface area contributed by atoms with Crippen LogP contribution in [0.2, 0.25) is 0 Å². The van der Waals surface area contributed by atoms with E-state index in [2.05, 4.69) is 9.97 Å². The van der Waals surface area contributed by atoms with Crippen molar-refractivity contribution in [2.45, 2.75) is 23.6 Å². The zero-order valence-electron chi connectivity index (χ0n) is 9.22. The molecule has 0 saturated carbocycles. The summed E-state index contributed by atoms with van der Waals surface area (Å²) in [7, 11) is 0. The lowest BCUT2D eigenvalue weighted by atomic mass is 10.2. The van der Waals surface area contributed by atoms with Gasteiger partial charge in [0.05, 0.1) is 11.5 Å². The van der Waals surface area contributed by atoms with Gasteiger partial charge in [0.2, 0.25) is 0 Å². The summed E-state index contributed by atoms with van der Waals surface area (Å²) in [4.78, 5) is 8.56. The summed E-state index contributed by atoms with van der Waals surface area (Å²) in [6.07, 6.45) is 3.35. The topological polar surface area (TPSA) is 46.0 Å². The van der Waals surface area contributed by atoms with Gasteiger partial charge in [0, 0.05) is 12.4 Å². The molecule has 0 amide bonds. The van der Waals surface area contributed by atoms with E-state index in [9.17, 15) is 4.39 Å². The molecule has 0 aliphatic carbocycles. The van der Waals surface area contributed by atoms with Gasteiger partial charge in [0.15, 0.2) is 5.16 Å². The summed E-state index contributed by atoms with van der Waals surface area (Å²) in [5, 5.41) is 9.61. The molecule has 0 atom stereocenters. The molecule has 0 unspecified atom stereocenters. The number of aliphatic hydroxyl groups excluding tert-OH is 1. The number of nitrogens with zero attached hydrogens (tertiary/aromatic N) is 2. The lowest BCUT2D eigenvalue weighted by Crippen LogP contribution is -1.93. The second-order valence-corrected chi connectivity index (χ2v) is 4.51. The Morgan fingerprint density at radius 2 is 2.00 bits per heavy atom. The summed E-state index contributed by atoms with van der Waals surface area (Å²) >= 11 is 1.12. The van der Waals surface area contributed by atoms with Crippen LogP contribution in [0.5, 0.6) is 0 Å². The number of halogens is 1. The van der Waals surface area contributed by atoms with Gasteiger partial charge in [-0.1, -0.05) is 12.1 Å². The Bertz CT molecular complexity index is 516. The summed E-state index contributed by atoms with van der Waals surface area (Å²) in [5.74, 6) is -0.370. The molecular formula is C12H11FN2OS. The van der Waals surface area contributed by atoms with E-state index in [1.807, 2.05) is 6.92 Å². The van der Waals surface area contributed by atoms with Gasteiger partial charge >= 0.3 is 0 Å². The zero-order valence-corrected chi connectivity index (χ0v) is 10.0. The summed E-state index contributed by atoms with van der Waals surface area (Å²) < 4.78 is 13.6. The predicted octanol–water partition coefficient (Wildman–Crippen LogP) is 2.57. The van der Waals surface area contributed by atoms with Crippen molar-refractivity contribution in [3.05, 3.63) is 47.5 Å². The van der Waals surface area contributed by atoms with Crippen molar-refractivity contribution in [3.8, 4) is 0 Å². The van der Waals surface area contributed by atoms with Crippen LogP contribution in [-0.4, -0.2) is 15.1 Å². The second kappa shape index (κ2) is 5.25. The van der Waals surface area contributed by atoms with Gasteiger partial charge in [-0.05, 0) is 35.9 Å². The first-order valence-corrected chi connectivity index (χ1v) is 5.87. The number of hydrogen-bond acceptors (Lipinski definition) is 4. The van der Waals surface area contributed by atoms with Gasteiger partial charge in [0.1, 0.15) is 5.82 Å². The lowest BCUT2D eigenvalue weighted by molar-refractivity contribution is 0.277. The van der Waals surface area contributed by atoms with Crippen LogP contribution in [0.25, 0.3) is 0 Å². The Morgan fingerprint density at radius 3 is 2.65 bits per heavy atom. The van der Waals surface area contributed by atoms with Crippen LogP contribution in [0.15, 0.2) is 40.6 Å². The van der Waals surface area contributed by atoms with E-state index in [1.54, 1.807) is 24.5 Å².